The summed E-state index contributed by atoms with van der Waals surface area (Å²) in [7, 11) is 0. The molecular formula is C42H48N4O5. The Kier molecular flexibility index (Phi) is 12.6. The molecule has 0 spiro atoms. The smallest absolute Gasteiger partial charge is 0.303 e. The molecule has 0 fully saturated rings. The molecule has 3 amide bonds. The number of unbranched alkanes of at least 4 members (excludes halogenated alkanes) is 1. The first kappa shape index (κ1) is 36.8. The van der Waals surface area contributed by atoms with Crippen LogP contribution >= 0.6 is 0 Å². The molecule has 1 heterocycles. The van der Waals surface area contributed by atoms with Crippen molar-refractivity contribution in [3.05, 3.63) is 119 Å². The Labute approximate surface area is 299 Å². The number of carbonyl (C=O) groups excluding carboxylic acids is 3. The van der Waals surface area contributed by atoms with Gasteiger partial charge in [-0.25, -0.2) is 0 Å². The van der Waals surface area contributed by atoms with Gasteiger partial charge in [0.2, 0.25) is 11.8 Å². The van der Waals surface area contributed by atoms with E-state index in [-0.39, 0.29) is 31.6 Å². The van der Waals surface area contributed by atoms with Gasteiger partial charge in [-0.1, -0.05) is 105 Å². The average Bonchev–Trinajstić information content (AvgIpc) is 3.49. The summed E-state index contributed by atoms with van der Waals surface area (Å²) in [6.45, 7) is 4.95. The van der Waals surface area contributed by atoms with Gasteiger partial charge < -0.3 is 25.6 Å². The van der Waals surface area contributed by atoms with E-state index in [0.717, 1.165) is 45.6 Å². The Hall–Kier alpha value is -5.44. The molecule has 0 unspecified atom stereocenters. The number of aromatic nitrogens is 1. The minimum Gasteiger partial charge on any atom is -0.481 e. The van der Waals surface area contributed by atoms with Gasteiger partial charge in [0.15, 0.2) is 0 Å². The van der Waals surface area contributed by atoms with Crippen LogP contribution in [0.25, 0.3) is 21.7 Å². The van der Waals surface area contributed by atoms with Gasteiger partial charge in [-0.3, -0.25) is 19.2 Å². The number of hydrogen-bond donors (Lipinski definition) is 3. The number of hydrogen-bond acceptors (Lipinski definition) is 4. The largest absolute Gasteiger partial charge is 0.481 e. The first-order valence-corrected chi connectivity index (χ1v) is 17.9. The molecule has 9 heteroatoms. The molecule has 4 N–H and O–H groups in total. The van der Waals surface area contributed by atoms with Gasteiger partial charge in [0.05, 0.1) is 0 Å². The minimum atomic E-state index is -1.02. The fraction of sp³-hybridized carbons (Fsp3) is 0.333. The molecule has 2 atom stereocenters. The van der Waals surface area contributed by atoms with E-state index in [1.54, 1.807) is 4.90 Å². The van der Waals surface area contributed by atoms with Crippen LogP contribution in [0.15, 0.2) is 97.1 Å². The Morgan fingerprint density at radius 3 is 2.18 bits per heavy atom. The highest BCUT2D eigenvalue weighted by atomic mass is 16.4. The van der Waals surface area contributed by atoms with E-state index in [0.29, 0.717) is 31.6 Å². The normalized spacial score (nSPS) is 12.4. The first-order chi connectivity index (χ1) is 24.7. The molecule has 0 bridgehead atoms. The summed E-state index contributed by atoms with van der Waals surface area (Å²) in [5.41, 5.74) is 10.3. The van der Waals surface area contributed by atoms with Crippen molar-refractivity contribution in [1.29, 1.82) is 0 Å². The first-order valence-electron chi connectivity index (χ1n) is 17.9. The predicted molar refractivity (Wildman–Crippen MR) is 201 cm³/mol. The summed E-state index contributed by atoms with van der Waals surface area (Å²) >= 11 is 0. The SMILES string of the molecule is CCCCN(C(=O)[C@H](CCCC(=O)O)NC(=O)c1cc2ccccc2n1Cc1ccccc1)[C@H](CC(N)=O)Cc1ccc2cc(CC)ccc2c1. The lowest BCUT2D eigenvalue weighted by Gasteiger charge is -2.35. The number of primary amides is 1. The van der Waals surface area contributed by atoms with Crippen molar-refractivity contribution in [3.63, 3.8) is 0 Å². The fourth-order valence-corrected chi connectivity index (χ4v) is 6.77. The fourth-order valence-electron chi connectivity index (χ4n) is 6.77. The third kappa shape index (κ3) is 9.63. The van der Waals surface area contributed by atoms with Gasteiger partial charge >= 0.3 is 5.97 Å². The molecule has 0 aliphatic heterocycles. The number of benzene rings is 4. The van der Waals surface area contributed by atoms with Crippen molar-refractivity contribution >= 4 is 45.4 Å². The molecule has 0 saturated carbocycles. The number of carboxylic acid groups (broad SMARTS) is 1. The van der Waals surface area contributed by atoms with Crippen LogP contribution in [-0.2, 0) is 33.8 Å². The van der Waals surface area contributed by atoms with Crippen LogP contribution in [0.1, 0.15) is 79.6 Å². The Morgan fingerprint density at radius 2 is 1.49 bits per heavy atom. The number of rotatable bonds is 18. The van der Waals surface area contributed by atoms with Crippen LogP contribution in [0.4, 0.5) is 0 Å². The summed E-state index contributed by atoms with van der Waals surface area (Å²) in [4.78, 5) is 54.5. The molecule has 9 nitrogen and oxygen atoms in total. The molecule has 1 aromatic heterocycles. The Balaban J connectivity index is 1.47. The Bertz CT molecular complexity index is 1990. The van der Waals surface area contributed by atoms with E-state index in [9.17, 15) is 24.3 Å². The zero-order valence-electron chi connectivity index (χ0n) is 29.5. The molecule has 266 valence electrons. The summed E-state index contributed by atoms with van der Waals surface area (Å²) in [5, 5.41) is 15.5. The molecular weight excluding hydrogens is 640 g/mol. The molecule has 4 aromatic carbocycles. The van der Waals surface area contributed by atoms with E-state index in [4.69, 9.17) is 5.73 Å². The molecule has 51 heavy (non-hydrogen) atoms. The third-order valence-corrected chi connectivity index (χ3v) is 9.48. The zero-order chi connectivity index (χ0) is 36.3. The van der Waals surface area contributed by atoms with Crippen molar-refractivity contribution in [2.45, 2.75) is 83.8 Å². The summed E-state index contributed by atoms with van der Waals surface area (Å²) in [5.74, 6) is -2.29. The van der Waals surface area contributed by atoms with Crippen LogP contribution < -0.4 is 11.1 Å². The van der Waals surface area contributed by atoms with Crippen molar-refractivity contribution in [1.82, 2.24) is 14.8 Å². The number of carboxylic acids is 1. The monoisotopic (exact) mass is 688 g/mol. The van der Waals surface area contributed by atoms with Crippen LogP contribution in [0.2, 0.25) is 0 Å². The quantitative estimate of drug-likeness (QED) is 0.0924. The number of para-hydroxylation sites is 1. The van der Waals surface area contributed by atoms with Gasteiger partial charge in [-0.05, 0) is 71.7 Å². The maximum atomic E-state index is 14.6. The topological polar surface area (TPSA) is 135 Å². The van der Waals surface area contributed by atoms with Gasteiger partial charge in [0.25, 0.3) is 5.91 Å². The highest BCUT2D eigenvalue weighted by Crippen LogP contribution is 2.24. The number of carbonyl (C=O) groups is 4. The second-order valence-electron chi connectivity index (χ2n) is 13.3. The predicted octanol–water partition coefficient (Wildman–Crippen LogP) is 6.87. The molecule has 5 rings (SSSR count). The number of nitrogens with two attached hydrogens (primary N) is 1. The lowest BCUT2D eigenvalue weighted by molar-refractivity contribution is -0.139. The zero-order valence-corrected chi connectivity index (χ0v) is 29.5. The highest BCUT2D eigenvalue weighted by Gasteiger charge is 2.32. The second kappa shape index (κ2) is 17.5. The standard InChI is InChI=1S/C42H48N4O5/c1-3-5-22-45(35(27-39(43)47)25-31-19-21-32-23-29(4-2)18-20-33(32)24-31)42(51)36(15-11-17-40(48)49)44-41(50)38-26-34-14-9-10-16-37(34)46(38)28-30-12-7-6-8-13-30/h6-10,12-14,16,18-21,23-24,26,35-36H,3-5,11,15,17,22,25,27-28H2,1-2H3,(H2,43,47)(H,44,50)(H,48,49)/t35-,36-/m0/s1. The molecule has 0 saturated heterocycles. The number of aryl methyl sites for hydroxylation is 1. The number of fused-ring (bicyclic) bond motifs is 2. The van der Waals surface area contributed by atoms with E-state index >= 15 is 0 Å². The average molecular weight is 689 g/mol. The maximum absolute atomic E-state index is 14.6. The lowest BCUT2D eigenvalue weighted by atomic mass is 9.96. The third-order valence-electron chi connectivity index (χ3n) is 9.48. The van der Waals surface area contributed by atoms with Crippen LogP contribution in [0.5, 0.6) is 0 Å². The number of amides is 3. The van der Waals surface area contributed by atoms with Crippen LogP contribution in [-0.4, -0.2) is 56.9 Å². The maximum Gasteiger partial charge on any atom is 0.303 e. The lowest BCUT2D eigenvalue weighted by Crippen LogP contribution is -2.53. The molecule has 0 radical (unpaired) electrons. The summed E-state index contributed by atoms with van der Waals surface area (Å²) in [6.07, 6.45) is 2.92. The van der Waals surface area contributed by atoms with Gasteiger partial charge in [0.1, 0.15) is 11.7 Å². The van der Waals surface area contributed by atoms with E-state index < -0.39 is 29.9 Å². The van der Waals surface area contributed by atoms with Gasteiger partial charge in [0, 0.05) is 42.9 Å². The number of nitrogens with one attached hydrogen (secondary N) is 1. The summed E-state index contributed by atoms with van der Waals surface area (Å²) < 4.78 is 1.94. The van der Waals surface area contributed by atoms with Crippen molar-refractivity contribution < 1.29 is 24.3 Å². The Morgan fingerprint density at radius 1 is 0.804 bits per heavy atom. The minimum absolute atomic E-state index is 0.0522. The summed E-state index contributed by atoms with van der Waals surface area (Å²) in [6, 6.07) is 30.4. The van der Waals surface area contributed by atoms with E-state index in [1.807, 2.05) is 78.2 Å². The van der Waals surface area contributed by atoms with Crippen LogP contribution in [0.3, 0.4) is 0 Å². The molecule has 0 aliphatic carbocycles. The van der Waals surface area contributed by atoms with E-state index in [1.165, 1.54) is 5.56 Å². The molecule has 0 aliphatic rings. The van der Waals surface area contributed by atoms with Gasteiger partial charge in [-0.2, -0.15) is 0 Å². The molecule has 5 aromatic rings. The van der Waals surface area contributed by atoms with Crippen molar-refractivity contribution in [2.75, 3.05) is 6.54 Å². The van der Waals surface area contributed by atoms with Gasteiger partial charge in [-0.15, -0.1) is 0 Å². The van der Waals surface area contributed by atoms with Crippen molar-refractivity contribution in [3.8, 4) is 0 Å². The second-order valence-corrected chi connectivity index (χ2v) is 13.3. The number of aliphatic carboxylic acids is 1. The highest BCUT2D eigenvalue weighted by molar-refractivity contribution is 6.01. The van der Waals surface area contributed by atoms with Crippen LogP contribution in [0, 0.1) is 0 Å². The van der Waals surface area contributed by atoms with E-state index in [2.05, 4.69) is 42.6 Å². The van der Waals surface area contributed by atoms with Crippen molar-refractivity contribution in [2.24, 2.45) is 5.73 Å². The number of nitrogens with zero attached hydrogens (tertiary/aromatic N) is 2.